The summed E-state index contributed by atoms with van der Waals surface area (Å²) in [6.45, 7) is 2.00. The van der Waals surface area contributed by atoms with Gasteiger partial charge >= 0.3 is 0 Å². The van der Waals surface area contributed by atoms with Crippen LogP contribution in [-0.2, 0) is 24.1 Å². The van der Waals surface area contributed by atoms with Crippen molar-refractivity contribution < 1.29 is 9.59 Å². The summed E-state index contributed by atoms with van der Waals surface area (Å²) in [7, 11) is 0. The number of rotatable bonds is 10. The van der Waals surface area contributed by atoms with Crippen molar-refractivity contribution in [3.8, 4) is 0 Å². The van der Waals surface area contributed by atoms with E-state index < -0.39 is 0 Å². The minimum atomic E-state index is 0.112. The van der Waals surface area contributed by atoms with E-state index in [1.54, 1.807) is 35.5 Å². The molecule has 1 saturated carbocycles. The van der Waals surface area contributed by atoms with Crippen LogP contribution >= 0.6 is 23.1 Å². The Morgan fingerprint density at radius 2 is 1.88 bits per heavy atom. The van der Waals surface area contributed by atoms with E-state index in [4.69, 9.17) is 0 Å². The first-order valence-corrected chi connectivity index (χ1v) is 13.1. The Labute approximate surface area is 197 Å². The zero-order chi connectivity index (χ0) is 22.3. The van der Waals surface area contributed by atoms with E-state index in [2.05, 4.69) is 15.3 Å². The third kappa shape index (κ3) is 6.14. The summed E-state index contributed by atoms with van der Waals surface area (Å²) in [6, 6.07) is 9.93. The highest BCUT2D eigenvalue weighted by Crippen LogP contribution is 2.30. The third-order valence-electron chi connectivity index (χ3n) is 5.87. The molecule has 0 radical (unpaired) electrons. The Kier molecular flexibility index (Phi) is 7.87. The van der Waals surface area contributed by atoms with Crippen LogP contribution in [0.25, 0.3) is 0 Å². The first-order chi connectivity index (χ1) is 15.6. The number of hydrogen-bond acceptors (Lipinski definition) is 6. The third-order valence-corrected chi connectivity index (χ3v) is 7.78. The molecule has 6 heteroatoms. The number of aromatic nitrogens is 2. The fourth-order valence-corrected chi connectivity index (χ4v) is 5.90. The second-order valence-corrected chi connectivity index (χ2v) is 10.5. The molecule has 4 rings (SSSR count). The molecule has 0 atom stereocenters. The van der Waals surface area contributed by atoms with E-state index in [1.165, 1.54) is 4.90 Å². The molecular weight excluding hydrogens is 436 g/mol. The Morgan fingerprint density at radius 3 is 2.66 bits per heavy atom. The molecule has 0 N–H and O–H groups in total. The number of carbonyl (C=O) groups excluding carboxylic acids is 2. The molecule has 1 aromatic carbocycles. The van der Waals surface area contributed by atoms with Gasteiger partial charge in [-0.3, -0.25) is 14.6 Å². The maximum atomic E-state index is 13.0. The van der Waals surface area contributed by atoms with Gasteiger partial charge in [0.15, 0.2) is 5.78 Å². The standard InChI is InChI=1S/C26H28N2O2S2/c1-18-6-7-20(24(14-18)26(30)19-4-2-3-5-19)15-22(29)16-25-28-21(17-32-25)10-13-31-23-8-11-27-12-9-23/h6-9,11-12,14,17,19H,2-5,10,13,15-16H2,1H3. The second kappa shape index (κ2) is 11.0. The van der Waals surface area contributed by atoms with Gasteiger partial charge in [-0.05, 0) is 49.9 Å². The maximum Gasteiger partial charge on any atom is 0.166 e. The maximum absolute atomic E-state index is 13.0. The normalized spacial score (nSPS) is 14.0. The lowest BCUT2D eigenvalue weighted by Crippen LogP contribution is -2.16. The van der Waals surface area contributed by atoms with Crippen LogP contribution in [-0.4, -0.2) is 27.3 Å². The Bertz CT molecular complexity index is 1070. The number of benzene rings is 1. The van der Waals surface area contributed by atoms with Gasteiger partial charge in [0.25, 0.3) is 0 Å². The summed E-state index contributed by atoms with van der Waals surface area (Å²) >= 11 is 3.33. The molecule has 3 aromatic rings. The molecule has 4 nitrogen and oxygen atoms in total. The van der Waals surface area contributed by atoms with E-state index in [0.717, 1.165) is 65.2 Å². The summed E-state index contributed by atoms with van der Waals surface area (Å²) < 4.78 is 0. The van der Waals surface area contributed by atoms with Crippen molar-refractivity contribution in [3.05, 3.63) is 75.5 Å². The van der Waals surface area contributed by atoms with Crippen molar-refractivity contribution in [1.29, 1.82) is 0 Å². The van der Waals surface area contributed by atoms with Crippen molar-refractivity contribution in [2.24, 2.45) is 5.92 Å². The number of nitrogens with zero attached hydrogens (tertiary/aromatic N) is 2. The fourth-order valence-electron chi connectivity index (χ4n) is 4.18. The number of thiazole rings is 1. The van der Waals surface area contributed by atoms with E-state index in [1.807, 2.05) is 37.3 Å². The van der Waals surface area contributed by atoms with Gasteiger partial charge in [-0.25, -0.2) is 4.98 Å². The van der Waals surface area contributed by atoms with Gasteiger partial charge in [0.2, 0.25) is 0 Å². The van der Waals surface area contributed by atoms with Crippen molar-refractivity contribution in [3.63, 3.8) is 0 Å². The van der Waals surface area contributed by atoms with Crippen LogP contribution < -0.4 is 0 Å². The van der Waals surface area contributed by atoms with Crippen LogP contribution in [0.3, 0.4) is 0 Å². The lowest BCUT2D eigenvalue weighted by atomic mass is 9.90. The number of Topliss-reactive ketones (excluding diaryl/α,β-unsaturated/α-hetero) is 2. The quantitative estimate of drug-likeness (QED) is 0.276. The molecule has 0 spiro atoms. The molecule has 0 saturated heterocycles. The van der Waals surface area contributed by atoms with Gasteiger partial charge in [-0.2, -0.15) is 0 Å². The molecule has 166 valence electrons. The Hall–Kier alpha value is -2.31. The lowest BCUT2D eigenvalue weighted by Gasteiger charge is -2.13. The summed E-state index contributed by atoms with van der Waals surface area (Å²) in [5.74, 6) is 1.40. The van der Waals surface area contributed by atoms with E-state index in [9.17, 15) is 9.59 Å². The molecule has 1 aliphatic rings. The number of pyridine rings is 1. The van der Waals surface area contributed by atoms with Crippen LogP contribution in [0.5, 0.6) is 0 Å². The number of ketones is 2. The van der Waals surface area contributed by atoms with E-state index in [0.29, 0.717) is 12.8 Å². The van der Waals surface area contributed by atoms with E-state index in [-0.39, 0.29) is 17.5 Å². The largest absolute Gasteiger partial charge is 0.299 e. The second-order valence-electron chi connectivity index (χ2n) is 8.41. The van der Waals surface area contributed by atoms with Crippen molar-refractivity contribution in [1.82, 2.24) is 9.97 Å². The van der Waals surface area contributed by atoms with Gasteiger partial charge < -0.3 is 0 Å². The number of hydrogen-bond donors (Lipinski definition) is 0. The summed E-state index contributed by atoms with van der Waals surface area (Å²) in [4.78, 5) is 35.8. The molecule has 0 unspecified atom stereocenters. The van der Waals surface area contributed by atoms with E-state index >= 15 is 0 Å². The predicted octanol–water partition coefficient (Wildman–Crippen LogP) is 5.91. The lowest BCUT2D eigenvalue weighted by molar-refractivity contribution is -0.117. The highest BCUT2D eigenvalue weighted by Gasteiger charge is 2.26. The first-order valence-electron chi connectivity index (χ1n) is 11.2. The highest BCUT2D eigenvalue weighted by molar-refractivity contribution is 7.99. The molecule has 2 aromatic heterocycles. The monoisotopic (exact) mass is 464 g/mol. The van der Waals surface area contributed by atoms with Crippen LogP contribution in [0.1, 0.15) is 57.9 Å². The fraction of sp³-hybridized carbons (Fsp3) is 0.385. The Balaban J connectivity index is 1.33. The van der Waals surface area contributed by atoms with Gasteiger partial charge in [0, 0.05) is 46.3 Å². The van der Waals surface area contributed by atoms with Gasteiger partial charge in [0.1, 0.15) is 10.8 Å². The predicted molar refractivity (Wildman–Crippen MR) is 131 cm³/mol. The minimum Gasteiger partial charge on any atom is -0.299 e. The number of thioether (sulfide) groups is 1. The number of aryl methyl sites for hydroxylation is 2. The Morgan fingerprint density at radius 1 is 1.09 bits per heavy atom. The molecule has 1 aliphatic carbocycles. The zero-order valence-electron chi connectivity index (χ0n) is 18.4. The topological polar surface area (TPSA) is 59.9 Å². The summed E-state index contributed by atoms with van der Waals surface area (Å²) in [5.41, 5.74) is 3.71. The first kappa shape index (κ1) is 22.9. The van der Waals surface area contributed by atoms with Crippen molar-refractivity contribution in [2.45, 2.75) is 56.8 Å². The molecule has 1 fully saturated rings. The molecule has 0 amide bonds. The average Bonchev–Trinajstić information content (AvgIpc) is 3.48. The van der Waals surface area contributed by atoms with Gasteiger partial charge in [-0.15, -0.1) is 23.1 Å². The van der Waals surface area contributed by atoms with Crippen LogP contribution in [0.2, 0.25) is 0 Å². The SMILES string of the molecule is Cc1ccc(CC(=O)Cc2nc(CCSc3ccncc3)cs2)c(C(=O)C2CCCC2)c1. The van der Waals surface area contributed by atoms with Crippen LogP contribution in [0, 0.1) is 12.8 Å². The van der Waals surface area contributed by atoms with Crippen molar-refractivity contribution in [2.75, 3.05) is 5.75 Å². The summed E-state index contributed by atoms with van der Waals surface area (Å²) in [5, 5.41) is 2.91. The molecule has 2 heterocycles. The van der Waals surface area contributed by atoms with Gasteiger partial charge in [-0.1, -0.05) is 30.5 Å². The summed E-state index contributed by atoms with van der Waals surface area (Å²) in [6.07, 6.45) is 9.30. The average molecular weight is 465 g/mol. The van der Waals surface area contributed by atoms with Crippen LogP contribution in [0.4, 0.5) is 0 Å². The molecule has 32 heavy (non-hydrogen) atoms. The molecule has 0 aliphatic heterocycles. The minimum absolute atomic E-state index is 0.112. The van der Waals surface area contributed by atoms with Crippen molar-refractivity contribution >= 4 is 34.7 Å². The number of carbonyl (C=O) groups is 2. The van der Waals surface area contributed by atoms with Gasteiger partial charge in [0.05, 0.1) is 12.1 Å². The molecular formula is C26H28N2O2S2. The zero-order valence-corrected chi connectivity index (χ0v) is 20.0. The van der Waals surface area contributed by atoms with Crippen LogP contribution in [0.15, 0.2) is 53.0 Å². The smallest absolute Gasteiger partial charge is 0.166 e. The molecule has 0 bridgehead atoms. The highest BCUT2D eigenvalue weighted by atomic mass is 32.2.